The number of benzene rings is 1. The van der Waals surface area contributed by atoms with E-state index in [0.29, 0.717) is 12.5 Å². The maximum atomic E-state index is 9.46. The van der Waals surface area contributed by atoms with E-state index in [2.05, 4.69) is 27.3 Å². The lowest BCUT2D eigenvalue weighted by Gasteiger charge is -2.28. The van der Waals surface area contributed by atoms with E-state index in [1.807, 2.05) is 24.3 Å². The monoisotopic (exact) mass is 294 g/mol. The van der Waals surface area contributed by atoms with Crippen LogP contribution in [0.3, 0.4) is 0 Å². The molecule has 1 fully saturated rings. The molecule has 1 atom stereocenters. The lowest BCUT2D eigenvalue weighted by molar-refractivity contribution is 0.155. The first kappa shape index (κ1) is 12.4. The molecule has 1 aliphatic rings. The highest BCUT2D eigenvalue weighted by atomic mass is 79.9. The second-order valence-corrected chi connectivity index (χ2v) is 5.25. The summed E-state index contributed by atoms with van der Waals surface area (Å²) in [5.74, 6) is 0.388. The van der Waals surface area contributed by atoms with Crippen molar-refractivity contribution in [2.75, 3.05) is 19.0 Å². The van der Waals surface area contributed by atoms with Gasteiger partial charge in [-0.25, -0.2) is 0 Å². The highest BCUT2D eigenvalue weighted by Crippen LogP contribution is 2.42. The topological polar surface area (TPSA) is 45.0 Å². The quantitative estimate of drug-likeness (QED) is 0.907. The molecule has 17 heavy (non-hydrogen) atoms. The van der Waals surface area contributed by atoms with Gasteiger partial charge in [0.05, 0.1) is 12.7 Å². The summed E-state index contributed by atoms with van der Waals surface area (Å²) in [5.41, 5.74) is 0.344. The maximum absolute atomic E-state index is 9.46. The first-order valence-electron chi connectivity index (χ1n) is 5.65. The molecule has 0 radical (unpaired) electrons. The minimum atomic E-state index is -0.599. The van der Waals surface area contributed by atoms with Crippen LogP contribution in [0.2, 0.25) is 0 Å². The normalized spacial score (nSPS) is 18.2. The summed E-state index contributed by atoms with van der Waals surface area (Å²) >= 11 is 3.49. The van der Waals surface area contributed by atoms with Crippen molar-refractivity contribution in [2.24, 2.45) is 5.92 Å². The van der Waals surface area contributed by atoms with Gasteiger partial charge in [0.25, 0.3) is 0 Å². The van der Waals surface area contributed by atoms with Gasteiger partial charge in [0, 0.05) is 17.3 Å². The van der Waals surface area contributed by atoms with Crippen LogP contribution in [0.25, 0.3) is 0 Å². The van der Waals surface area contributed by atoms with Gasteiger partial charge in [-0.05, 0) is 46.8 Å². The molecule has 1 unspecified atom stereocenters. The van der Waals surface area contributed by atoms with Gasteiger partial charge in [0.2, 0.25) is 0 Å². The number of rotatable bonds is 5. The maximum Gasteiger partial charge on any atom is 0.151 e. The highest BCUT2D eigenvalue weighted by Gasteiger charge is 2.46. The van der Waals surface area contributed by atoms with E-state index in [4.69, 9.17) is 4.74 Å². The Bertz CT molecular complexity index is 439. The standard InChI is InChI=1S/C13H15BrN2O/c1-17-9-13(8-15,10-6-7-10)16-12-5-3-2-4-11(12)14/h2-5,10,16H,6-7,9H2,1H3. The lowest BCUT2D eigenvalue weighted by atomic mass is 9.95. The van der Waals surface area contributed by atoms with Crippen LogP contribution in [-0.2, 0) is 4.74 Å². The second kappa shape index (κ2) is 5.07. The minimum Gasteiger partial charge on any atom is -0.381 e. The molecule has 0 aliphatic heterocycles. The fourth-order valence-electron chi connectivity index (χ4n) is 2.01. The molecule has 3 nitrogen and oxygen atoms in total. The molecule has 1 aliphatic carbocycles. The molecule has 1 aromatic rings. The molecule has 0 aromatic heterocycles. The van der Waals surface area contributed by atoms with Crippen LogP contribution in [0.15, 0.2) is 28.7 Å². The number of ether oxygens (including phenoxy) is 1. The number of anilines is 1. The molecule has 0 spiro atoms. The van der Waals surface area contributed by atoms with Crippen LogP contribution in [0.4, 0.5) is 5.69 Å². The number of para-hydroxylation sites is 1. The first-order chi connectivity index (χ1) is 8.22. The van der Waals surface area contributed by atoms with Gasteiger partial charge in [-0.15, -0.1) is 0 Å². The molecule has 0 bridgehead atoms. The van der Waals surface area contributed by atoms with Gasteiger partial charge >= 0.3 is 0 Å². The van der Waals surface area contributed by atoms with Gasteiger partial charge in [0.15, 0.2) is 5.54 Å². The lowest BCUT2D eigenvalue weighted by Crippen LogP contribution is -2.43. The molecule has 2 rings (SSSR count). The average Bonchev–Trinajstić information content (AvgIpc) is 3.15. The van der Waals surface area contributed by atoms with Crippen LogP contribution in [0, 0.1) is 17.2 Å². The molecular formula is C13H15BrN2O. The van der Waals surface area contributed by atoms with Crippen molar-refractivity contribution in [1.82, 2.24) is 0 Å². The van der Waals surface area contributed by atoms with E-state index < -0.39 is 5.54 Å². The van der Waals surface area contributed by atoms with Crippen molar-refractivity contribution in [1.29, 1.82) is 5.26 Å². The number of hydrogen-bond acceptors (Lipinski definition) is 3. The first-order valence-corrected chi connectivity index (χ1v) is 6.44. The fraction of sp³-hybridized carbons (Fsp3) is 0.462. The molecule has 90 valence electrons. The number of halogens is 1. The van der Waals surface area contributed by atoms with E-state index in [9.17, 15) is 5.26 Å². The van der Waals surface area contributed by atoms with Crippen molar-refractivity contribution < 1.29 is 4.74 Å². The number of hydrogen-bond donors (Lipinski definition) is 1. The second-order valence-electron chi connectivity index (χ2n) is 4.40. The van der Waals surface area contributed by atoms with Crippen molar-refractivity contribution >= 4 is 21.6 Å². The summed E-state index contributed by atoms with van der Waals surface area (Å²) < 4.78 is 6.18. The Balaban J connectivity index is 2.24. The summed E-state index contributed by atoms with van der Waals surface area (Å²) in [6, 6.07) is 10.2. The molecular weight excluding hydrogens is 280 g/mol. The van der Waals surface area contributed by atoms with Gasteiger partial charge < -0.3 is 10.1 Å². The smallest absolute Gasteiger partial charge is 0.151 e. The predicted octanol–water partition coefficient (Wildman–Crippen LogP) is 3.18. The van der Waals surface area contributed by atoms with Gasteiger partial charge in [0.1, 0.15) is 0 Å². The number of nitrogens with one attached hydrogen (secondary N) is 1. The Morgan fingerprint density at radius 2 is 2.24 bits per heavy atom. The molecule has 0 heterocycles. The largest absolute Gasteiger partial charge is 0.381 e. The molecule has 1 aromatic carbocycles. The minimum absolute atomic E-state index is 0.388. The summed E-state index contributed by atoms with van der Waals surface area (Å²) in [6.07, 6.45) is 2.18. The van der Waals surface area contributed by atoms with E-state index in [1.54, 1.807) is 7.11 Å². The van der Waals surface area contributed by atoms with Gasteiger partial charge in [-0.2, -0.15) is 5.26 Å². The Morgan fingerprint density at radius 3 is 2.76 bits per heavy atom. The van der Waals surface area contributed by atoms with Crippen molar-refractivity contribution in [3.05, 3.63) is 28.7 Å². The molecule has 1 N–H and O–H groups in total. The average molecular weight is 295 g/mol. The van der Waals surface area contributed by atoms with Crippen molar-refractivity contribution in [3.8, 4) is 6.07 Å². The molecule has 0 amide bonds. The third-order valence-corrected chi connectivity index (χ3v) is 3.77. The SMILES string of the molecule is COCC(C#N)(Nc1ccccc1Br)C1CC1. The zero-order valence-corrected chi connectivity index (χ0v) is 11.3. The number of nitriles is 1. The number of nitrogens with zero attached hydrogens (tertiary/aromatic N) is 1. The fourth-order valence-corrected chi connectivity index (χ4v) is 2.40. The number of methoxy groups -OCH3 is 1. The van der Waals surface area contributed by atoms with Crippen molar-refractivity contribution in [3.63, 3.8) is 0 Å². The van der Waals surface area contributed by atoms with E-state index in [0.717, 1.165) is 23.0 Å². The predicted molar refractivity (Wildman–Crippen MR) is 70.7 cm³/mol. The van der Waals surface area contributed by atoms with Gasteiger partial charge in [-0.3, -0.25) is 0 Å². The molecule has 0 saturated heterocycles. The highest BCUT2D eigenvalue weighted by molar-refractivity contribution is 9.10. The Morgan fingerprint density at radius 1 is 1.53 bits per heavy atom. The summed E-state index contributed by atoms with van der Waals surface area (Å²) in [6.45, 7) is 0.412. The summed E-state index contributed by atoms with van der Waals surface area (Å²) in [5, 5.41) is 12.8. The molecule has 4 heteroatoms. The van der Waals surface area contributed by atoms with E-state index in [-0.39, 0.29) is 0 Å². The molecule has 1 saturated carbocycles. The van der Waals surface area contributed by atoms with Gasteiger partial charge in [-0.1, -0.05) is 12.1 Å². The summed E-state index contributed by atoms with van der Waals surface area (Å²) in [4.78, 5) is 0. The Labute approximate surface area is 110 Å². The van der Waals surface area contributed by atoms with Crippen molar-refractivity contribution in [2.45, 2.75) is 18.4 Å². The van der Waals surface area contributed by atoms with E-state index >= 15 is 0 Å². The Kier molecular flexibility index (Phi) is 3.70. The van der Waals surface area contributed by atoms with E-state index in [1.165, 1.54) is 0 Å². The summed E-state index contributed by atoms with van der Waals surface area (Å²) in [7, 11) is 1.64. The van der Waals surface area contributed by atoms with Crippen LogP contribution in [0.1, 0.15) is 12.8 Å². The van der Waals surface area contributed by atoms with Crippen LogP contribution in [0.5, 0.6) is 0 Å². The van der Waals surface area contributed by atoms with Crippen LogP contribution < -0.4 is 5.32 Å². The third-order valence-electron chi connectivity index (χ3n) is 3.08. The van der Waals surface area contributed by atoms with Crippen LogP contribution in [-0.4, -0.2) is 19.3 Å². The zero-order chi connectivity index (χ0) is 12.3. The zero-order valence-electron chi connectivity index (χ0n) is 9.74. The Hall–Kier alpha value is -1.05. The van der Waals surface area contributed by atoms with Crippen LogP contribution >= 0.6 is 15.9 Å². The third kappa shape index (κ3) is 2.62.